The van der Waals surface area contributed by atoms with Crippen LogP contribution in [-0.2, 0) is 14.9 Å². The Morgan fingerprint density at radius 2 is 1.85 bits per heavy atom. The third kappa shape index (κ3) is 2.84. The van der Waals surface area contributed by atoms with E-state index < -0.39 is 34.5 Å². The lowest BCUT2D eigenvalue weighted by Crippen LogP contribution is -2.56. The maximum absolute atomic E-state index is 16.9. The van der Waals surface area contributed by atoms with Gasteiger partial charge in [0.15, 0.2) is 11.1 Å². The molecule has 0 radical (unpaired) electrons. The Bertz CT molecular complexity index is 823. The summed E-state index contributed by atoms with van der Waals surface area (Å²) in [5.74, 6) is -0.901. The molecule has 0 fully saturated rings. The van der Waals surface area contributed by atoms with Gasteiger partial charge in [0, 0.05) is 5.57 Å². The molecule has 0 aliphatic heterocycles. The summed E-state index contributed by atoms with van der Waals surface area (Å²) in [5, 5.41) is 0. The smallest absolute Gasteiger partial charge is 0.324 e. The molecule has 0 aromatic heterocycles. The molecule has 2 atom stereocenters. The molecule has 0 bridgehead atoms. The summed E-state index contributed by atoms with van der Waals surface area (Å²) in [7, 11) is 1.15. The predicted octanol–water partition coefficient (Wildman–Crippen LogP) is 5.31. The summed E-state index contributed by atoms with van der Waals surface area (Å²) in [6, 6.07) is 8.19. The second-order valence-electron chi connectivity index (χ2n) is 7.70. The maximum Gasteiger partial charge on any atom is 0.324 e. The number of halogens is 3. The molecular formula is C22H23F3O2. The van der Waals surface area contributed by atoms with Crippen LogP contribution in [0.4, 0.5) is 13.2 Å². The molecule has 0 saturated carbocycles. The molecule has 1 aromatic carbocycles. The Hall–Kier alpha value is -2.30. The van der Waals surface area contributed by atoms with Crippen LogP contribution in [0, 0.1) is 5.41 Å². The second-order valence-corrected chi connectivity index (χ2v) is 7.70. The molecule has 144 valence electrons. The van der Waals surface area contributed by atoms with Crippen molar-refractivity contribution >= 4 is 5.97 Å². The van der Waals surface area contributed by atoms with Crippen LogP contribution in [0.2, 0.25) is 0 Å². The van der Waals surface area contributed by atoms with Gasteiger partial charge in [0.1, 0.15) is 0 Å². The van der Waals surface area contributed by atoms with Crippen molar-refractivity contribution in [1.82, 2.24) is 0 Å². The van der Waals surface area contributed by atoms with Crippen LogP contribution in [0.25, 0.3) is 0 Å². The quantitative estimate of drug-likeness (QED) is 0.526. The van der Waals surface area contributed by atoms with E-state index in [-0.39, 0.29) is 5.56 Å². The first-order chi connectivity index (χ1) is 12.7. The highest BCUT2D eigenvalue weighted by molar-refractivity contribution is 5.90. The van der Waals surface area contributed by atoms with Crippen LogP contribution < -0.4 is 0 Å². The molecule has 5 heteroatoms. The molecule has 0 N–H and O–H groups in total. The molecule has 0 saturated heterocycles. The van der Waals surface area contributed by atoms with Crippen LogP contribution in [0.3, 0.4) is 0 Å². The molecule has 27 heavy (non-hydrogen) atoms. The van der Waals surface area contributed by atoms with Gasteiger partial charge in [-0.3, -0.25) is 4.79 Å². The lowest BCUT2D eigenvalue weighted by atomic mass is 9.58. The van der Waals surface area contributed by atoms with Gasteiger partial charge in [0.2, 0.25) is 0 Å². The summed E-state index contributed by atoms with van der Waals surface area (Å²) in [4.78, 5) is 13.0. The monoisotopic (exact) mass is 376 g/mol. The van der Waals surface area contributed by atoms with Crippen molar-refractivity contribution in [3.63, 3.8) is 0 Å². The molecule has 2 nitrogen and oxygen atoms in total. The van der Waals surface area contributed by atoms with Gasteiger partial charge in [0.05, 0.1) is 7.11 Å². The van der Waals surface area contributed by atoms with Crippen molar-refractivity contribution in [3.05, 3.63) is 71.3 Å². The van der Waals surface area contributed by atoms with Gasteiger partial charge < -0.3 is 4.74 Å². The van der Waals surface area contributed by atoms with E-state index in [2.05, 4.69) is 0 Å². The van der Waals surface area contributed by atoms with Gasteiger partial charge in [-0.1, -0.05) is 62.4 Å². The Morgan fingerprint density at radius 3 is 2.37 bits per heavy atom. The summed E-state index contributed by atoms with van der Waals surface area (Å²) in [6.45, 7) is 3.81. The number of methoxy groups -OCH3 is 1. The largest absolute Gasteiger partial charge is 0.468 e. The minimum Gasteiger partial charge on any atom is -0.468 e. The van der Waals surface area contributed by atoms with Gasteiger partial charge in [-0.25, -0.2) is 13.2 Å². The topological polar surface area (TPSA) is 26.3 Å². The van der Waals surface area contributed by atoms with Gasteiger partial charge in [0.25, 0.3) is 6.43 Å². The normalized spacial score (nSPS) is 29.4. The number of esters is 1. The van der Waals surface area contributed by atoms with E-state index in [0.717, 1.165) is 31.8 Å². The van der Waals surface area contributed by atoms with Crippen molar-refractivity contribution in [2.24, 2.45) is 5.41 Å². The predicted molar refractivity (Wildman–Crippen MR) is 98.3 cm³/mol. The van der Waals surface area contributed by atoms with Gasteiger partial charge in [-0.15, -0.1) is 0 Å². The summed E-state index contributed by atoms with van der Waals surface area (Å²) >= 11 is 0. The summed E-state index contributed by atoms with van der Waals surface area (Å²) < 4.78 is 48.9. The van der Waals surface area contributed by atoms with E-state index >= 15 is 4.39 Å². The first kappa shape index (κ1) is 19.5. The van der Waals surface area contributed by atoms with Gasteiger partial charge >= 0.3 is 5.97 Å². The second kappa shape index (κ2) is 6.70. The first-order valence-electron chi connectivity index (χ1n) is 8.93. The van der Waals surface area contributed by atoms with Crippen molar-refractivity contribution in [2.45, 2.75) is 44.2 Å². The van der Waals surface area contributed by atoms with Crippen molar-refractivity contribution in [2.75, 3.05) is 7.11 Å². The molecule has 3 rings (SSSR count). The molecule has 0 spiro atoms. The van der Waals surface area contributed by atoms with Crippen molar-refractivity contribution in [3.8, 4) is 0 Å². The van der Waals surface area contributed by atoms with Crippen LogP contribution in [0.5, 0.6) is 0 Å². The molecule has 1 aromatic rings. The fourth-order valence-electron chi connectivity index (χ4n) is 4.29. The number of rotatable bonds is 4. The van der Waals surface area contributed by atoms with Gasteiger partial charge in [-0.2, -0.15) is 0 Å². The van der Waals surface area contributed by atoms with E-state index in [4.69, 9.17) is 4.74 Å². The molecule has 0 heterocycles. The van der Waals surface area contributed by atoms with E-state index in [0.29, 0.717) is 12.0 Å². The number of alkyl halides is 3. The third-order valence-electron chi connectivity index (χ3n) is 5.69. The third-order valence-corrected chi connectivity index (χ3v) is 5.69. The molecule has 0 amide bonds. The Balaban J connectivity index is 2.35. The van der Waals surface area contributed by atoms with E-state index in [1.54, 1.807) is 36.4 Å². The standard InChI is InChI=1S/C22H23F3O2/c1-20(2)12-7-10-17(20)22(25)13-11-15(18(23)24)14-21(22,19(26)27-3)16-8-5-4-6-9-16/h4-6,8-11,13-14,18H,7,12H2,1-3H3. The molecule has 2 unspecified atom stereocenters. The minimum atomic E-state index is -2.83. The van der Waals surface area contributed by atoms with E-state index in [1.807, 2.05) is 13.8 Å². The maximum atomic E-state index is 16.9. The number of benzene rings is 1. The number of carbonyl (C=O) groups excluding carboxylic acids is 1. The summed E-state index contributed by atoms with van der Waals surface area (Å²) in [6.07, 6.45) is 3.59. The van der Waals surface area contributed by atoms with Crippen molar-refractivity contribution in [1.29, 1.82) is 0 Å². The highest BCUT2D eigenvalue weighted by Crippen LogP contribution is 2.56. The zero-order valence-corrected chi connectivity index (χ0v) is 15.6. The number of ether oxygens (including phenoxy) is 1. The van der Waals surface area contributed by atoms with Crippen LogP contribution >= 0.6 is 0 Å². The number of hydrogen-bond acceptors (Lipinski definition) is 2. The molecular weight excluding hydrogens is 353 g/mol. The fourth-order valence-corrected chi connectivity index (χ4v) is 4.29. The van der Waals surface area contributed by atoms with Crippen molar-refractivity contribution < 1.29 is 22.7 Å². The lowest BCUT2D eigenvalue weighted by molar-refractivity contribution is -0.149. The zero-order valence-electron chi connectivity index (χ0n) is 15.6. The van der Waals surface area contributed by atoms with E-state index in [1.165, 1.54) is 0 Å². The highest BCUT2D eigenvalue weighted by Gasteiger charge is 2.63. The Morgan fingerprint density at radius 1 is 1.19 bits per heavy atom. The average molecular weight is 376 g/mol. The fraction of sp³-hybridized carbons (Fsp3) is 0.409. The Labute approximate surface area is 157 Å². The minimum absolute atomic E-state index is 0.283. The number of allylic oxidation sites excluding steroid dienone is 5. The average Bonchev–Trinajstić information content (AvgIpc) is 3.01. The van der Waals surface area contributed by atoms with Crippen LogP contribution in [0.15, 0.2) is 65.8 Å². The first-order valence-corrected chi connectivity index (χ1v) is 8.93. The zero-order chi connectivity index (χ0) is 19.9. The SMILES string of the molecule is COC(=O)C1(c2ccccc2)C=C(C(F)F)C=CC1(F)C1=CCCC1(C)C. The molecule has 2 aliphatic carbocycles. The van der Waals surface area contributed by atoms with Crippen LogP contribution in [-0.4, -0.2) is 25.2 Å². The van der Waals surface area contributed by atoms with Crippen LogP contribution in [0.1, 0.15) is 32.3 Å². The van der Waals surface area contributed by atoms with E-state index in [9.17, 15) is 13.6 Å². The number of hydrogen-bond donors (Lipinski definition) is 0. The number of carbonyl (C=O) groups is 1. The summed E-state index contributed by atoms with van der Waals surface area (Å²) in [5.41, 5.74) is -4.52. The Kier molecular flexibility index (Phi) is 4.83. The highest BCUT2D eigenvalue weighted by atomic mass is 19.3. The molecule has 2 aliphatic rings. The lowest BCUT2D eigenvalue weighted by Gasteiger charge is -2.46. The van der Waals surface area contributed by atoms with Gasteiger partial charge in [-0.05, 0) is 35.5 Å².